The summed E-state index contributed by atoms with van der Waals surface area (Å²) in [6, 6.07) is 4.87. The lowest BCUT2D eigenvalue weighted by Crippen LogP contribution is -2.50. The van der Waals surface area contributed by atoms with Crippen LogP contribution >= 0.6 is 0 Å². The summed E-state index contributed by atoms with van der Waals surface area (Å²) in [5.74, 6) is 0.924. The molecule has 104 valence electrons. The van der Waals surface area contributed by atoms with Gasteiger partial charge in [0.15, 0.2) is 0 Å². The Hall–Kier alpha value is -0.890. The molecule has 2 heteroatoms. The third kappa shape index (κ3) is 2.20. The molecule has 0 amide bonds. The second-order valence-electron chi connectivity index (χ2n) is 7.41. The minimum atomic E-state index is 0.460. The molecule has 3 rings (SSSR count). The van der Waals surface area contributed by atoms with Crippen LogP contribution in [0.4, 0.5) is 0 Å². The van der Waals surface area contributed by atoms with Gasteiger partial charge in [0, 0.05) is 18.4 Å². The Labute approximate surface area is 117 Å². The summed E-state index contributed by atoms with van der Waals surface area (Å²) in [5, 5.41) is 3.86. The highest BCUT2D eigenvalue weighted by Crippen LogP contribution is 2.62. The molecule has 2 bridgehead atoms. The molecule has 0 aromatic carbocycles. The predicted molar refractivity (Wildman–Crippen MR) is 79.0 cm³/mol. The highest BCUT2D eigenvalue weighted by atomic mass is 15.0. The van der Waals surface area contributed by atoms with Gasteiger partial charge in [0.2, 0.25) is 0 Å². The van der Waals surface area contributed by atoms with Crippen LogP contribution in [0.25, 0.3) is 0 Å². The van der Waals surface area contributed by atoms with Gasteiger partial charge in [-0.2, -0.15) is 0 Å². The summed E-state index contributed by atoms with van der Waals surface area (Å²) in [4.78, 5) is 4.19. The largest absolute Gasteiger partial charge is 0.313 e. The molecular formula is C17H26N2. The molecule has 1 heterocycles. The maximum atomic E-state index is 4.19. The van der Waals surface area contributed by atoms with Crippen molar-refractivity contribution >= 4 is 0 Å². The second kappa shape index (κ2) is 4.59. The molecule has 1 aromatic heterocycles. The van der Waals surface area contributed by atoms with E-state index in [1.54, 1.807) is 0 Å². The zero-order chi connectivity index (χ0) is 13.5. The van der Waals surface area contributed by atoms with E-state index in [-0.39, 0.29) is 0 Å². The number of pyridine rings is 1. The van der Waals surface area contributed by atoms with Gasteiger partial charge < -0.3 is 5.32 Å². The van der Waals surface area contributed by atoms with Crippen LogP contribution in [0.15, 0.2) is 24.5 Å². The SMILES string of the molecule is CC1(C)C(NCCc2cccnc2)[C@]2(C)CC[C@H]1C2. The second-order valence-corrected chi connectivity index (χ2v) is 7.41. The van der Waals surface area contributed by atoms with Crippen molar-refractivity contribution in [2.24, 2.45) is 16.7 Å². The fourth-order valence-corrected chi connectivity index (χ4v) is 4.72. The smallest absolute Gasteiger partial charge is 0.0300 e. The average Bonchev–Trinajstić information content (AvgIpc) is 2.86. The third-order valence-electron chi connectivity index (χ3n) is 5.75. The zero-order valence-electron chi connectivity index (χ0n) is 12.4. The molecule has 0 radical (unpaired) electrons. The molecule has 0 aliphatic heterocycles. The third-order valence-corrected chi connectivity index (χ3v) is 5.75. The lowest BCUT2D eigenvalue weighted by atomic mass is 9.68. The number of nitrogens with one attached hydrogen (secondary N) is 1. The van der Waals surface area contributed by atoms with E-state index in [1.807, 2.05) is 18.5 Å². The molecule has 1 N–H and O–H groups in total. The van der Waals surface area contributed by atoms with Crippen molar-refractivity contribution in [3.63, 3.8) is 0 Å². The maximum absolute atomic E-state index is 4.19. The number of aromatic nitrogens is 1. The minimum absolute atomic E-state index is 0.460. The van der Waals surface area contributed by atoms with Gasteiger partial charge in [-0.25, -0.2) is 0 Å². The summed E-state index contributed by atoms with van der Waals surface area (Å²) in [6.07, 6.45) is 9.17. The standard InChI is InChI=1S/C17H26N2/c1-16(2)14-6-8-17(3,11-14)15(16)19-10-7-13-5-4-9-18-12-13/h4-5,9,12,14-15,19H,6-8,10-11H2,1-3H3/t14-,15?,17+/m0/s1. The van der Waals surface area contributed by atoms with E-state index in [2.05, 4.69) is 37.1 Å². The molecule has 2 saturated carbocycles. The molecule has 19 heavy (non-hydrogen) atoms. The van der Waals surface area contributed by atoms with Gasteiger partial charge in [0.25, 0.3) is 0 Å². The first-order valence-corrected chi connectivity index (χ1v) is 7.65. The van der Waals surface area contributed by atoms with E-state index < -0.39 is 0 Å². The van der Waals surface area contributed by atoms with E-state index in [9.17, 15) is 0 Å². The lowest BCUT2D eigenvalue weighted by molar-refractivity contribution is 0.110. The van der Waals surface area contributed by atoms with Gasteiger partial charge in [-0.1, -0.05) is 26.8 Å². The summed E-state index contributed by atoms with van der Waals surface area (Å²) in [7, 11) is 0. The summed E-state index contributed by atoms with van der Waals surface area (Å²) in [5.41, 5.74) is 2.33. The van der Waals surface area contributed by atoms with Gasteiger partial charge in [-0.3, -0.25) is 4.98 Å². The van der Waals surface area contributed by atoms with E-state index in [1.165, 1.54) is 24.8 Å². The molecule has 1 aromatic rings. The Kier molecular flexibility index (Phi) is 3.17. The quantitative estimate of drug-likeness (QED) is 0.895. The lowest BCUT2D eigenvalue weighted by Gasteiger charge is -2.43. The Morgan fingerprint density at radius 2 is 2.21 bits per heavy atom. The monoisotopic (exact) mass is 258 g/mol. The normalized spacial score (nSPS) is 35.7. The summed E-state index contributed by atoms with van der Waals surface area (Å²) in [6.45, 7) is 8.49. The number of rotatable bonds is 4. The van der Waals surface area contributed by atoms with Crippen LogP contribution in [0.3, 0.4) is 0 Å². The van der Waals surface area contributed by atoms with Crippen LogP contribution in [-0.2, 0) is 6.42 Å². The van der Waals surface area contributed by atoms with E-state index in [0.717, 1.165) is 18.9 Å². The predicted octanol–water partition coefficient (Wildman–Crippen LogP) is 3.43. The number of hydrogen-bond acceptors (Lipinski definition) is 2. The highest BCUT2D eigenvalue weighted by Gasteiger charge is 2.58. The van der Waals surface area contributed by atoms with Crippen molar-refractivity contribution in [3.05, 3.63) is 30.1 Å². The highest BCUT2D eigenvalue weighted by molar-refractivity contribution is 5.13. The fourth-order valence-electron chi connectivity index (χ4n) is 4.72. The molecule has 0 spiro atoms. The van der Waals surface area contributed by atoms with Crippen molar-refractivity contribution < 1.29 is 0 Å². The number of hydrogen-bond donors (Lipinski definition) is 1. The maximum Gasteiger partial charge on any atom is 0.0300 e. The first-order chi connectivity index (χ1) is 9.02. The molecule has 2 fully saturated rings. The molecule has 1 unspecified atom stereocenters. The van der Waals surface area contributed by atoms with E-state index in [0.29, 0.717) is 16.9 Å². The number of nitrogens with zero attached hydrogens (tertiary/aromatic N) is 1. The van der Waals surface area contributed by atoms with Gasteiger partial charge in [-0.05, 0) is 60.6 Å². The zero-order valence-corrected chi connectivity index (χ0v) is 12.4. The number of fused-ring (bicyclic) bond motifs is 2. The molecule has 3 atom stereocenters. The van der Waals surface area contributed by atoms with Crippen LogP contribution in [0, 0.1) is 16.7 Å². The molecular weight excluding hydrogens is 232 g/mol. The first kappa shape index (κ1) is 13.1. The van der Waals surface area contributed by atoms with E-state index in [4.69, 9.17) is 0 Å². The molecule has 2 aliphatic rings. The van der Waals surface area contributed by atoms with Crippen molar-refractivity contribution in [1.29, 1.82) is 0 Å². The topological polar surface area (TPSA) is 24.9 Å². The molecule has 2 aliphatic carbocycles. The van der Waals surface area contributed by atoms with Crippen LogP contribution < -0.4 is 5.32 Å². The Balaban J connectivity index is 1.61. The summed E-state index contributed by atoms with van der Waals surface area (Å²) < 4.78 is 0. The van der Waals surface area contributed by atoms with Gasteiger partial charge >= 0.3 is 0 Å². The van der Waals surface area contributed by atoms with E-state index >= 15 is 0 Å². The Morgan fingerprint density at radius 1 is 1.37 bits per heavy atom. The molecule has 2 nitrogen and oxygen atoms in total. The van der Waals surface area contributed by atoms with Crippen molar-refractivity contribution in [2.45, 2.75) is 52.5 Å². The van der Waals surface area contributed by atoms with Crippen molar-refractivity contribution in [2.75, 3.05) is 6.54 Å². The van der Waals surface area contributed by atoms with Crippen LogP contribution in [-0.4, -0.2) is 17.6 Å². The summed E-state index contributed by atoms with van der Waals surface area (Å²) >= 11 is 0. The van der Waals surface area contributed by atoms with Crippen LogP contribution in [0.5, 0.6) is 0 Å². The molecule has 0 saturated heterocycles. The Morgan fingerprint density at radius 3 is 2.84 bits per heavy atom. The average molecular weight is 258 g/mol. The fraction of sp³-hybridized carbons (Fsp3) is 0.706. The van der Waals surface area contributed by atoms with Crippen molar-refractivity contribution in [3.8, 4) is 0 Å². The van der Waals surface area contributed by atoms with Crippen molar-refractivity contribution in [1.82, 2.24) is 10.3 Å². The van der Waals surface area contributed by atoms with Gasteiger partial charge in [-0.15, -0.1) is 0 Å². The van der Waals surface area contributed by atoms with Crippen LogP contribution in [0.1, 0.15) is 45.6 Å². The first-order valence-electron chi connectivity index (χ1n) is 7.65. The van der Waals surface area contributed by atoms with Crippen LogP contribution in [0.2, 0.25) is 0 Å². The van der Waals surface area contributed by atoms with Gasteiger partial charge in [0.05, 0.1) is 0 Å². The Bertz CT molecular complexity index is 435. The minimum Gasteiger partial charge on any atom is -0.313 e. The van der Waals surface area contributed by atoms with Gasteiger partial charge in [0.1, 0.15) is 0 Å².